The number of hydrogen-bond acceptors (Lipinski definition) is 2. The van der Waals surface area contributed by atoms with E-state index in [0.29, 0.717) is 0 Å². The highest BCUT2D eigenvalue weighted by Gasteiger charge is 2.48. The number of carbonyl (C=O) groups is 1. The predicted molar refractivity (Wildman–Crippen MR) is 69.7 cm³/mol. The zero-order chi connectivity index (χ0) is 12.0. The summed E-state index contributed by atoms with van der Waals surface area (Å²) >= 11 is 1.65. The molecule has 1 aliphatic carbocycles. The van der Waals surface area contributed by atoms with Gasteiger partial charge in [-0.25, -0.2) is 0 Å². The molecular formula is C14H14O2S. The Balaban J connectivity index is 2.24. The highest BCUT2D eigenvalue weighted by atomic mass is 32.1. The number of rotatable bonds is 2. The molecule has 1 aromatic heterocycles. The maximum absolute atomic E-state index is 11.5. The van der Waals surface area contributed by atoms with Crippen molar-refractivity contribution in [2.45, 2.75) is 31.6 Å². The van der Waals surface area contributed by atoms with E-state index in [1.54, 1.807) is 11.3 Å². The average Bonchev–Trinajstić information content (AvgIpc) is 2.56. The average molecular weight is 246 g/mol. The third-order valence-corrected chi connectivity index (χ3v) is 5.37. The van der Waals surface area contributed by atoms with Gasteiger partial charge >= 0.3 is 5.97 Å². The van der Waals surface area contributed by atoms with Crippen LogP contribution in [0.5, 0.6) is 0 Å². The van der Waals surface area contributed by atoms with Gasteiger partial charge in [0.1, 0.15) is 5.41 Å². The monoisotopic (exact) mass is 246 g/mol. The van der Waals surface area contributed by atoms with Gasteiger partial charge in [-0.3, -0.25) is 4.79 Å². The number of hydrogen-bond donors (Lipinski definition) is 1. The normalized spacial score (nSPS) is 17.9. The van der Waals surface area contributed by atoms with E-state index < -0.39 is 11.4 Å². The van der Waals surface area contributed by atoms with E-state index in [1.807, 2.05) is 12.1 Å². The molecule has 0 bridgehead atoms. The summed E-state index contributed by atoms with van der Waals surface area (Å²) in [6.45, 7) is 2.05. The van der Waals surface area contributed by atoms with Crippen molar-refractivity contribution in [2.24, 2.45) is 0 Å². The Labute approximate surface area is 104 Å². The van der Waals surface area contributed by atoms with Crippen LogP contribution in [0.2, 0.25) is 0 Å². The Bertz CT molecular complexity index is 593. The molecule has 3 rings (SSSR count). The third kappa shape index (κ3) is 1.35. The minimum absolute atomic E-state index is 0.590. The number of carboxylic acid groups (broad SMARTS) is 1. The van der Waals surface area contributed by atoms with E-state index in [9.17, 15) is 9.90 Å². The standard InChI is InChI=1S/C14H14O2S/c1-9-10-5-2-3-6-11(10)17-12(9)14(13(15)16)7-4-8-14/h2-3,5-6H,4,7-8H2,1H3,(H,15,16). The van der Waals surface area contributed by atoms with Crippen molar-refractivity contribution >= 4 is 27.4 Å². The second kappa shape index (κ2) is 3.57. The van der Waals surface area contributed by atoms with Crippen LogP contribution in [0.3, 0.4) is 0 Å². The first-order valence-corrected chi connectivity index (χ1v) is 6.69. The number of benzene rings is 1. The van der Waals surface area contributed by atoms with E-state index in [2.05, 4.69) is 19.1 Å². The molecule has 1 saturated carbocycles. The van der Waals surface area contributed by atoms with Gasteiger partial charge in [0.15, 0.2) is 0 Å². The van der Waals surface area contributed by atoms with Gasteiger partial charge in [0, 0.05) is 9.58 Å². The summed E-state index contributed by atoms with van der Waals surface area (Å²) in [6.07, 6.45) is 2.60. The highest BCUT2D eigenvalue weighted by molar-refractivity contribution is 7.19. The van der Waals surface area contributed by atoms with Crippen molar-refractivity contribution in [3.05, 3.63) is 34.7 Å². The van der Waals surface area contributed by atoms with Crippen molar-refractivity contribution in [2.75, 3.05) is 0 Å². The number of carboxylic acids is 1. The van der Waals surface area contributed by atoms with Gasteiger partial charge in [-0.2, -0.15) is 0 Å². The highest BCUT2D eigenvalue weighted by Crippen LogP contribution is 2.49. The van der Waals surface area contributed by atoms with E-state index in [0.717, 1.165) is 29.7 Å². The Morgan fingerprint density at radius 3 is 2.59 bits per heavy atom. The molecule has 3 heteroatoms. The number of fused-ring (bicyclic) bond motifs is 1. The zero-order valence-corrected chi connectivity index (χ0v) is 10.5. The molecule has 1 aromatic carbocycles. The molecule has 2 nitrogen and oxygen atoms in total. The van der Waals surface area contributed by atoms with Crippen LogP contribution in [0.4, 0.5) is 0 Å². The second-order valence-electron chi connectivity index (χ2n) is 4.79. The van der Waals surface area contributed by atoms with Gasteiger partial charge in [-0.05, 0) is 36.8 Å². The molecule has 17 heavy (non-hydrogen) atoms. The van der Waals surface area contributed by atoms with E-state index >= 15 is 0 Å². The number of aliphatic carboxylic acids is 1. The van der Waals surface area contributed by atoms with Gasteiger partial charge in [0.2, 0.25) is 0 Å². The molecule has 1 fully saturated rings. The van der Waals surface area contributed by atoms with E-state index in [-0.39, 0.29) is 0 Å². The molecule has 0 saturated heterocycles. The molecule has 2 aromatic rings. The largest absolute Gasteiger partial charge is 0.481 e. The molecule has 0 unspecified atom stereocenters. The van der Waals surface area contributed by atoms with Gasteiger partial charge < -0.3 is 5.11 Å². The Hall–Kier alpha value is -1.35. The third-order valence-electron chi connectivity index (χ3n) is 3.89. The molecule has 0 radical (unpaired) electrons. The van der Waals surface area contributed by atoms with Crippen molar-refractivity contribution < 1.29 is 9.90 Å². The molecule has 88 valence electrons. The van der Waals surface area contributed by atoms with Gasteiger partial charge in [0.25, 0.3) is 0 Å². The van der Waals surface area contributed by atoms with Crippen LogP contribution >= 0.6 is 11.3 Å². The molecule has 1 aliphatic rings. The van der Waals surface area contributed by atoms with Gasteiger partial charge in [0.05, 0.1) is 0 Å². The first-order chi connectivity index (χ1) is 8.15. The minimum atomic E-state index is -0.654. The number of aryl methyl sites for hydroxylation is 1. The summed E-state index contributed by atoms with van der Waals surface area (Å²) in [4.78, 5) is 12.6. The van der Waals surface area contributed by atoms with Crippen LogP contribution in [0.15, 0.2) is 24.3 Å². The van der Waals surface area contributed by atoms with Crippen molar-refractivity contribution in [3.8, 4) is 0 Å². The Kier molecular flexibility index (Phi) is 2.26. The van der Waals surface area contributed by atoms with Crippen LogP contribution in [0.25, 0.3) is 10.1 Å². The van der Waals surface area contributed by atoms with Crippen molar-refractivity contribution in [3.63, 3.8) is 0 Å². The van der Waals surface area contributed by atoms with Crippen LogP contribution in [0.1, 0.15) is 29.7 Å². The second-order valence-corrected chi connectivity index (χ2v) is 5.85. The van der Waals surface area contributed by atoms with Crippen LogP contribution in [-0.4, -0.2) is 11.1 Å². The summed E-state index contributed by atoms with van der Waals surface area (Å²) in [5.74, 6) is -0.654. The van der Waals surface area contributed by atoms with Crippen molar-refractivity contribution in [1.29, 1.82) is 0 Å². The fraction of sp³-hybridized carbons (Fsp3) is 0.357. The molecular weight excluding hydrogens is 232 g/mol. The summed E-state index contributed by atoms with van der Waals surface area (Å²) in [5.41, 5.74) is 0.570. The number of thiophene rings is 1. The molecule has 0 atom stereocenters. The van der Waals surface area contributed by atoms with Gasteiger partial charge in [-0.15, -0.1) is 11.3 Å². The predicted octanol–water partition coefficient (Wildman–Crippen LogP) is 3.72. The lowest BCUT2D eigenvalue weighted by atomic mass is 9.67. The molecule has 1 heterocycles. The molecule has 1 N–H and O–H groups in total. The van der Waals surface area contributed by atoms with Crippen molar-refractivity contribution in [1.82, 2.24) is 0 Å². The summed E-state index contributed by atoms with van der Waals surface area (Å²) in [5, 5.41) is 10.7. The molecule has 0 spiro atoms. The first-order valence-electron chi connectivity index (χ1n) is 5.87. The maximum atomic E-state index is 11.5. The topological polar surface area (TPSA) is 37.3 Å². The van der Waals surface area contributed by atoms with E-state index in [1.165, 1.54) is 10.1 Å². The van der Waals surface area contributed by atoms with Crippen LogP contribution in [0, 0.1) is 6.92 Å². The minimum Gasteiger partial charge on any atom is -0.481 e. The fourth-order valence-corrected chi connectivity index (χ4v) is 4.15. The first kappa shape index (κ1) is 10.8. The molecule has 0 amide bonds. The molecule has 0 aliphatic heterocycles. The van der Waals surface area contributed by atoms with Crippen LogP contribution < -0.4 is 0 Å². The van der Waals surface area contributed by atoms with E-state index in [4.69, 9.17) is 0 Å². The summed E-state index contributed by atoms with van der Waals surface area (Å²) in [6, 6.07) is 8.18. The summed E-state index contributed by atoms with van der Waals surface area (Å²) in [7, 11) is 0. The fourth-order valence-electron chi connectivity index (χ4n) is 2.70. The SMILES string of the molecule is Cc1c(C2(C(=O)O)CCC2)sc2ccccc12. The lowest BCUT2D eigenvalue weighted by Gasteiger charge is -2.37. The maximum Gasteiger partial charge on any atom is 0.314 e. The van der Waals surface area contributed by atoms with Crippen LogP contribution in [-0.2, 0) is 10.2 Å². The smallest absolute Gasteiger partial charge is 0.314 e. The lowest BCUT2D eigenvalue weighted by molar-refractivity contribution is -0.147. The Morgan fingerprint density at radius 2 is 2.06 bits per heavy atom. The Morgan fingerprint density at radius 1 is 1.35 bits per heavy atom. The quantitative estimate of drug-likeness (QED) is 0.877. The zero-order valence-electron chi connectivity index (χ0n) is 9.69. The summed E-state index contributed by atoms with van der Waals surface area (Å²) < 4.78 is 1.20. The van der Waals surface area contributed by atoms with Gasteiger partial charge in [-0.1, -0.05) is 24.6 Å². The lowest BCUT2D eigenvalue weighted by Crippen LogP contribution is -2.42.